The first-order valence-electron chi connectivity index (χ1n) is 8.70. The number of pyridine rings is 1. The molecule has 3 aromatic rings. The Morgan fingerprint density at radius 1 is 0.897 bits per heavy atom. The maximum absolute atomic E-state index is 12.1. The summed E-state index contributed by atoms with van der Waals surface area (Å²) in [5, 5.41) is 10.2. The van der Waals surface area contributed by atoms with Gasteiger partial charge in [0.1, 0.15) is 0 Å². The second-order valence-electron chi connectivity index (χ2n) is 6.04. The Morgan fingerprint density at radius 2 is 1.52 bits per heavy atom. The van der Waals surface area contributed by atoms with E-state index in [0.717, 1.165) is 5.56 Å². The number of anilines is 2. The quantitative estimate of drug-likeness (QED) is 0.428. The minimum atomic E-state index is -0.366. The molecule has 3 rings (SSSR count). The van der Waals surface area contributed by atoms with Crippen LogP contribution < -0.4 is 16.1 Å². The smallest absolute Gasteiger partial charge is 0.308 e. The number of halogens is 1. The molecule has 2 aromatic carbocycles. The molecule has 8 heteroatoms. The van der Waals surface area contributed by atoms with Gasteiger partial charge < -0.3 is 10.6 Å². The van der Waals surface area contributed by atoms with E-state index in [2.05, 4.69) is 26.1 Å². The molecule has 0 bridgehead atoms. The van der Waals surface area contributed by atoms with E-state index in [1.165, 1.54) is 6.20 Å². The van der Waals surface area contributed by atoms with Crippen LogP contribution in [-0.2, 0) is 0 Å². The Morgan fingerprint density at radius 3 is 2.10 bits per heavy atom. The Labute approximate surface area is 172 Å². The molecule has 0 aliphatic heterocycles. The van der Waals surface area contributed by atoms with Gasteiger partial charge in [0.2, 0.25) is 0 Å². The van der Waals surface area contributed by atoms with Crippen molar-refractivity contribution in [1.29, 1.82) is 0 Å². The Bertz CT molecular complexity index is 1020. The first-order chi connectivity index (χ1) is 14.0. The third-order valence-electron chi connectivity index (χ3n) is 3.91. The van der Waals surface area contributed by atoms with Crippen molar-refractivity contribution >= 4 is 40.6 Å². The highest BCUT2D eigenvalue weighted by atomic mass is 35.5. The average Bonchev–Trinajstić information content (AvgIpc) is 2.74. The summed E-state index contributed by atoms with van der Waals surface area (Å²) < 4.78 is 0. The molecule has 1 heterocycles. The zero-order valence-electron chi connectivity index (χ0n) is 15.5. The maximum atomic E-state index is 12.1. The number of benzene rings is 2. The van der Waals surface area contributed by atoms with Gasteiger partial charge in [-0.05, 0) is 61.0 Å². The number of amides is 3. The summed E-state index contributed by atoms with van der Waals surface area (Å²) in [6.45, 7) is 1.78. The van der Waals surface area contributed by atoms with E-state index in [0.29, 0.717) is 27.7 Å². The standard InChI is InChI=1S/C21H18ClN5O2/c1-14(26-27-20(28)16-3-2-12-23-13-16)15-4-8-18(9-5-15)24-21(29)25-19-10-6-17(22)7-11-19/h2-13H,1H3,(H,27,28)(H2,24,25,29)/b26-14-. The number of hydrazone groups is 1. The van der Waals surface area contributed by atoms with E-state index in [1.807, 2.05) is 0 Å². The Kier molecular flexibility index (Phi) is 6.55. The van der Waals surface area contributed by atoms with E-state index >= 15 is 0 Å². The van der Waals surface area contributed by atoms with Crippen molar-refractivity contribution in [3.8, 4) is 0 Å². The van der Waals surface area contributed by atoms with Crippen LogP contribution in [0.15, 0.2) is 78.2 Å². The van der Waals surface area contributed by atoms with Gasteiger partial charge in [0.15, 0.2) is 0 Å². The summed E-state index contributed by atoms with van der Waals surface area (Å²) in [7, 11) is 0. The summed E-state index contributed by atoms with van der Waals surface area (Å²) in [5.41, 5.74) is 5.60. The van der Waals surface area contributed by atoms with Crippen molar-refractivity contribution in [2.75, 3.05) is 10.6 Å². The number of carbonyl (C=O) groups is 2. The number of rotatable bonds is 5. The fourth-order valence-corrected chi connectivity index (χ4v) is 2.51. The molecule has 0 unspecified atom stereocenters. The fourth-order valence-electron chi connectivity index (χ4n) is 2.38. The summed E-state index contributed by atoms with van der Waals surface area (Å²) >= 11 is 5.83. The lowest BCUT2D eigenvalue weighted by Crippen LogP contribution is -2.20. The molecule has 3 N–H and O–H groups in total. The fraction of sp³-hybridized carbons (Fsp3) is 0.0476. The van der Waals surface area contributed by atoms with Gasteiger partial charge in [-0.1, -0.05) is 23.7 Å². The summed E-state index contributed by atoms with van der Waals surface area (Å²) in [5.74, 6) is -0.338. The minimum Gasteiger partial charge on any atom is -0.308 e. The lowest BCUT2D eigenvalue weighted by Gasteiger charge is -2.09. The number of carbonyl (C=O) groups excluding carboxylic acids is 2. The highest BCUT2D eigenvalue weighted by Gasteiger charge is 2.06. The van der Waals surface area contributed by atoms with Crippen molar-refractivity contribution in [3.05, 3.63) is 89.2 Å². The molecular formula is C21H18ClN5O2. The monoisotopic (exact) mass is 407 g/mol. The number of aromatic nitrogens is 1. The van der Waals surface area contributed by atoms with Crippen LogP contribution in [0.2, 0.25) is 5.02 Å². The molecule has 0 atom stereocenters. The van der Waals surface area contributed by atoms with Gasteiger partial charge in [-0.3, -0.25) is 9.78 Å². The first-order valence-corrected chi connectivity index (χ1v) is 9.08. The van der Waals surface area contributed by atoms with Crippen LogP contribution in [0.4, 0.5) is 16.2 Å². The number of nitrogens with zero attached hydrogens (tertiary/aromatic N) is 2. The van der Waals surface area contributed by atoms with E-state index in [-0.39, 0.29) is 11.9 Å². The van der Waals surface area contributed by atoms with Gasteiger partial charge in [-0.15, -0.1) is 0 Å². The third-order valence-corrected chi connectivity index (χ3v) is 4.16. The molecule has 7 nitrogen and oxygen atoms in total. The highest BCUT2D eigenvalue weighted by molar-refractivity contribution is 6.30. The molecule has 0 spiro atoms. The normalized spacial score (nSPS) is 10.9. The topological polar surface area (TPSA) is 95.5 Å². The van der Waals surface area contributed by atoms with Crippen molar-refractivity contribution in [2.24, 2.45) is 5.10 Å². The number of urea groups is 1. The van der Waals surface area contributed by atoms with E-state index in [1.54, 1.807) is 73.8 Å². The predicted molar refractivity (Wildman–Crippen MR) is 114 cm³/mol. The van der Waals surface area contributed by atoms with Gasteiger partial charge in [-0.25, -0.2) is 10.2 Å². The van der Waals surface area contributed by atoms with E-state index < -0.39 is 0 Å². The highest BCUT2D eigenvalue weighted by Crippen LogP contribution is 2.15. The van der Waals surface area contributed by atoms with E-state index in [9.17, 15) is 9.59 Å². The zero-order chi connectivity index (χ0) is 20.6. The maximum Gasteiger partial charge on any atom is 0.323 e. The molecule has 3 amide bonds. The number of hydrogen-bond acceptors (Lipinski definition) is 4. The van der Waals surface area contributed by atoms with Crippen LogP contribution in [0.3, 0.4) is 0 Å². The van der Waals surface area contributed by atoms with Crippen LogP contribution in [0.25, 0.3) is 0 Å². The molecule has 1 aromatic heterocycles. The molecule has 0 aliphatic carbocycles. The van der Waals surface area contributed by atoms with E-state index in [4.69, 9.17) is 11.6 Å². The van der Waals surface area contributed by atoms with Gasteiger partial charge in [0, 0.05) is 28.8 Å². The second-order valence-corrected chi connectivity index (χ2v) is 6.48. The lowest BCUT2D eigenvalue weighted by molar-refractivity contribution is 0.0954. The van der Waals surface area contributed by atoms with Gasteiger partial charge in [-0.2, -0.15) is 5.10 Å². The summed E-state index contributed by atoms with van der Waals surface area (Å²) in [4.78, 5) is 28.0. The van der Waals surface area contributed by atoms with Crippen LogP contribution in [0.1, 0.15) is 22.8 Å². The number of hydrogen-bond donors (Lipinski definition) is 3. The minimum absolute atomic E-state index is 0.338. The molecule has 0 aliphatic rings. The van der Waals surface area contributed by atoms with Gasteiger partial charge in [0.05, 0.1) is 11.3 Å². The summed E-state index contributed by atoms with van der Waals surface area (Å²) in [6, 6.07) is 16.9. The first kappa shape index (κ1) is 20.0. The number of nitrogens with one attached hydrogen (secondary N) is 3. The molecule has 29 heavy (non-hydrogen) atoms. The third kappa shape index (κ3) is 5.88. The van der Waals surface area contributed by atoms with Crippen LogP contribution in [0, 0.1) is 0 Å². The van der Waals surface area contributed by atoms with Crippen LogP contribution in [0.5, 0.6) is 0 Å². The Hall–Kier alpha value is -3.71. The molecular weight excluding hydrogens is 390 g/mol. The molecule has 0 fully saturated rings. The molecule has 146 valence electrons. The van der Waals surface area contributed by atoms with Crippen molar-refractivity contribution < 1.29 is 9.59 Å². The van der Waals surface area contributed by atoms with Gasteiger partial charge in [0.25, 0.3) is 5.91 Å². The lowest BCUT2D eigenvalue weighted by atomic mass is 10.1. The molecule has 0 saturated carbocycles. The summed E-state index contributed by atoms with van der Waals surface area (Å²) in [6.07, 6.45) is 3.06. The molecule has 0 radical (unpaired) electrons. The van der Waals surface area contributed by atoms with Gasteiger partial charge >= 0.3 is 6.03 Å². The van der Waals surface area contributed by atoms with Crippen LogP contribution >= 0.6 is 11.6 Å². The predicted octanol–water partition coefficient (Wildman–Crippen LogP) is 4.53. The van der Waals surface area contributed by atoms with Crippen LogP contribution in [-0.4, -0.2) is 22.6 Å². The Balaban J connectivity index is 1.56. The van der Waals surface area contributed by atoms with Crippen molar-refractivity contribution in [1.82, 2.24) is 10.4 Å². The SMILES string of the molecule is C/C(=N/NC(=O)c1cccnc1)c1ccc(NC(=O)Nc2ccc(Cl)cc2)cc1. The zero-order valence-corrected chi connectivity index (χ0v) is 16.3. The van der Waals surface area contributed by atoms with Crippen molar-refractivity contribution in [2.45, 2.75) is 6.92 Å². The average molecular weight is 408 g/mol. The largest absolute Gasteiger partial charge is 0.323 e. The molecule has 0 saturated heterocycles. The second kappa shape index (κ2) is 9.48. The van der Waals surface area contributed by atoms with Crippen molar-refractivity contribution in [3.63, 3.8) is 0 Å².